The largest absolute Gasteiger partial charge is 0.328 e. The average Bonchev–Trinajstić information content (AvgIpc) is 2.83. The van der Waals surface area contributed by atoms with Gasteiger partial charge in [0, 0.05) is 11.3 Å². The van der Waals surface area contributed by atoms with E-state index in [4.69, 9.17) is 0 Å². The second kappa shape index (κ2) is 4.78. The van der Waals surface area contributed by atoms with Crippen LogP contribution in [0.3, 0.4) is 0 Å². The first-order chi connectivity index (χ1) is 9.67. The number of H-pyrrole nitrogens is 1. The highest BCUT2D eigenvalue weighted by atomic mass is 16.1. The van der Waals surface area contributed by atoms with E-state index in [1.54, 1.807) is 4.40 Å². The predicted octanol–water partition coefficient (Wildman–Crippen LogP) is 3.39. The number of hydrogen-bond acceptors (Lipinski definition) is 2. The minimum absolute atomic E-state index is 0.0364. The number of nitrogens with zero attached hydrogens (tertiary/aromatic N) is 2. The average molecular weight is 269 g/mol. The van der Waals surface area contributed by atoms with Crippen LogP contribution >= 0.6 is 0 Å². The maximum atomic E-state index is 12.7. The summed E-state index contributed by atoms with van der Waals surface area (Å²) < 4.78 is 1.68. The van der Waals surface area contributed by atoms with Crippen molar-refractivity contribution in [3.8, 4) is 0 Å². The molecule has 104 valence electrons. The Morgan fingerprint density at radius 2 is 1.95 bits per heavy atom. The van der Waals surface area contributed by atoms with Crippen molar-refractivity contribution in [1.82, 2.24) is 14.4 Å². The van der Waals surface area contributed by atoms with Gasteiger partial charge in [-0.05, 0) is 37.8 Å². The third-order valence-corrected chi connectivity index (χ3v) is 4.13. The molecule has 20 heavy (non-hydrogen) atoms. The number of aromatic nitrogens is 3. The highest BCUT2D eigenvalue weighted by Crippen LogP contribution is 2.24. The van der Waals surface area contributed by atoms with Crippen LogP contribution in [0.15, 0.2) is 29.1 Å². The van der Waals surface area contributed by atoms with Gasteiger partial charge in [-0.2, -0.15) is 0 Å². The molecule has 0 aliphatic rings. The second-order valence-corrected chi connectivity index (χ2v) is 5.24. The lowest BCUT2D eigenvalue weighted by molar-refractivity contribution is 0.616. The summed E-state index contributed by atoms with van der Waals surface area (Å²) in [5.41, 5.74) is 3.58. The van der Waals surface area contributed by atoms with E-state index in [9.17, 15) is 4.79 Å². The third-order valence-electron chi connectivity index (χ3n) is 4.13. The van der Waals surface area contributed by atoms with Crippen LogP contribution in [0.25, 0.3) is 16.8 Å². The highest BCUT2D eigenvalue weighted by Gasteiger charge is 2.17. The molecular formula is C16H19N3O. The van der Waals surface area contributed by atoms with Gasteiger partial charge in [-0.3, -0.25) is 4.79 Å². The number of fused-ring (bicyclic) bond motifs is 3. The lowest BCUT2D eigenvalue weighted by Crippen LogP contribution is -2.21. The Kier molecular flexibility index (Phi) is 3.08. The van der Waals surface area contributed by atoms with Crippen molar-refractivity contribution in [2.24, 2.45) is 0 Å². The molecule has 0 fully saturated rings. The topological polar surface area (TPSA) is 50.2 Å². The molecule has 0 saturated heterocycles. The van der Waals surface area contributed by atoms with Gasteiger partial charge in [-0.25, -0.2) is 9.38 Å². The zero-order chi connectivity index (χ0) is 14.3. The fraction of sp³-hybridized carbons (Fsp3) is 0.375. The Morgan fingerprint density at radius 3 is 2.65 bits per heavy atom. The fourth-order valence-electron chi connectivity index (χ4n) is 2.92. The zero-order valence-corrected chi connectivity index (χ0v) is 12.1. The number of nitrogens with one attached hydrogen (secondary N) is 1. The van der Waals surface area contributed by atoms with Crippen molar-refractivity contribution in [3.63, 3.8) is 0 Å². The van der Waals surface area contributed by atoms with Crippen LogP contribution < -0.4 is 5.56 Å². The number of para-hydroxylation sites is 2. The molecule has 2 heterocycles. The van der Waals surface area contributed by atoms with Crippen LogP contribution in [-0.2, 0) is 0 Å². The van der Waals surface area contributed by atoms with Crippen molar-refractivity contribution in [2.75, 3.05) is 0 Å². The van der Waals surface area contributed by atoms with Crippen LogP contribution in [-0.4, -0.2) is 14.4 Å². The monoisotopic (exact) mass is 269 g/mol. The van der Waals surface area contributed by atoms with Crippen LogP contribution in [0, 0.1) is 6.92 Å². The first-order valence-electron chi connectivity index (χ1n) is 7.17. The molecule has 0 atom stereocenters. The van der Waals surface area contributed by atoms with Crippen LogP contribution in [0.4, 0.5) is 0 Å². The van der Waals surface area contributed by atoms with Gasteiger partial charge < -0.3 is 4.98 Å². The summed E-state index contributed by atoms with van der Waals surface area (Å²) in [6.07, 6.45) is 2.04. The smallest absolute Gasteiger partial charge is 0.262 e. The summed E-state index contributed by atoms with van der Waals surface area (Å²) in [6, 6.07) is 7.73. The van der Waals surface area contributed by atoms with E-state index in [-0.39, 0.29) is 5.56 Å². The van der Waals surface area contributed by atoms with Gasteiger partial charge in [0.25, 0.3) is 5.56 Å². The van der Waals surface area contributed by atoms with Crippen LogP contribution in [0.5, 0.6) is 0 Å². The summed E-state index contributed by atoms with van der Waals surface area (Å²) in [5, 5.41) is 0. The standard InChI is InChI=1S/C16H19N3O/c1-4-11(5-2)14-10(3)15(20)19-13-9-7-6-8-12(13)17-16(19)18-14/h6-9,11H,4-5H2,1-3H3,(H,17,18). The van der Waals surface area contributed by atoms with Gasteiger partial charge in [0.1, 0.15) is 0 Å². The molecule has 0 unspecified atom stereocenters. The minimum atomic E-state index is 0.0364. The number of hydrogen-bond donors (Lipinski definition) is 1. The molecular weight excluding hydrogens is 250 g/mol. The van der Waals surface area contributed by atoms with E-state index in [0.717, 1.165) is 35.1 Å². The number of aromatic amines is 1. The molecule has 1 aromatic carbocycles. The van der Waals surface area contributed by atoms with E-state index in [0.29, 0.717) is 11.7 Å². The van der Waals surface area contributed by atoms with Crippen molar-refractivity contribution in [3.05, 3.63) is 45.9 Å². The number of benzene rings is 1. The molecule has 0 aliphatic heterocycles. The van der Waals surface area contributed by atoms with Crippen LogP contribution in [0.1, 0.15) is 43.9 Å². The molecule has 0 radical (unpaired) electrons. The van der Waals surface area contributed by atoms with Crippen molar-refractivity contribution >= 4 is 16.8 Å². The molecule has 1 N–H and O–H groups in total. The Bertz CT molecular complexity index is 825. The third kappa shape index (κ3) is 1.75. The van der Waals surface area contributed by atoms with Gasteiger partial charge in [0.15, 0.2) is 0 Å². The molecule has 4 nitrogen and oxygen atoms in total. The Morgan fingerprint density at radius 1 is 1.25 bits per heavy atom. The first kappa shape index (κ1) is 12.9. The second-order valence-electron chi connectivity index (χ2n) is 5.24. The van der Waals surface area contributed by atoms with E-state index < -0.39 is 0 Å². The molecule has 3 aromatic rings. The quantitative estimate of drug-likeness (QED) is 0.792. The summed E-state index contributed by atoms with van der Waals surface area (Å²) in [7, 11) is 0. The van der Waals surface area contributed by atoms with Crippen molar-refractivity contribution in [1.29, 1.82) is 0 Å². The SMILES string of the molecule is CCC(CC)c1[nH]c2nc3ccccc3n2c(=O)c1C. The molecule has 0 spiro atoms. The molecule has 2 aromatic heterocycles. The minimum Gasteiger partial charge on any atom is -0.328 e. The summed E-state index contributed by atoms with van der Waals surface area (Å²) in [4.78, 5) is 20.6. The molecule has 4 heteroatoms. The lowest BCUT2D eigenvalue weighted by Gasteiger charge is -2.15. The van der Waals surface area contributed by atoms with Crippen molar-refractivity contribution in [2.45, 2.75) is 39.5 Å². The number of imidazole rings is 1. The highest BCUT2D eigenvalue weighted by molar-refractivity contribution is 5.79. The maximum Gasteiger partial charge on any atom is 0.262 e. The van der Waals surface area contributed by atoms with Gasteiger partial charge in [-0.1, -0.05) is 26.0 Å². The lowest BCUT2D eigenvalue weighted by atomic mass is 9.96. The van der Waals surface area contributed by atoms with E-state index in [1.165, 1.54) is 0 Å². The van der Waals surface area contributed by atoms with E-state index in [2.05, 4.69) is 23.8 Å². The zero-order valence-electron chi connectivity index (χ0n) is 12.1. The molecule has 0 aliphatic carbocycles. The summed E-state index contributed by atoms with van der Waals surface area (Å²) in [6.45, 7) is 6.21. The normalized spacial score (nSPS) is 11.8. The van der Waals surface area contributed by atoms with Gasteiger partial charge in [-0.15, -0.1) is 0 Å². The Hall–Kier alpha value is -2.10. The Labute approximate surface area is 117 Å². The fourth-order valence-corrected chi connectivity index (χ4v) is 2.92. The summed E-state index contributed by atoms with van der Waals surface area (Å²) in [5.74, 6) is 1.02. The van der Waals surface area contributed by atoms with Crippen molar-refractivity contribution < 1.29 is 0 Å². The van der Waals surface area contributed by atoms with Gasteiger partial charge in [0.2, 0.25) is 5.78 Å². The molecule has 0 bridgehead atoms. The predicted molar refractivity (Wildman–Crippen MR) is 81.4 cm³/mol. The number of rotatable bonds is 3. The van der Waals surface area contributed by atoms with Crippen LogP contribution in [0.2, 0.25) is 0 Å². The van der Waals surface area contributed by atoms with Gasteiger partial charge >= 0.3 is 0 Å². The Balaban J connectivity index is 2.40. The first-order valence-corrected chi connectivity index (χ1v) is 7.17. The maximum absolute atomic E-state index is 12.7. The molecule has 3 rings (SSSR count). The molecule has 0 amide bonds. The van der Waals surface area contributed by atoms with Gasteiger partial charge in [0.05, 0.1) is 11.0 Å². The van der Waals surface area contributed by atoms with E-state index >= 15 is 0 Å². The van der Waals surface area contributed by atoms with E-state index in [1.807, 2.05) is 31.2 Å². The molecule has 0 saturated carbocycles. The summed E-state index contributed by atoms with van der Waals surface area (Å²) >= 11 is 0.